The van der Waals surface area contributed by atoms with E-state index in [-0.39, 0.29) is 24.3 Å². The smallest absolute Gasteiger partial charge is 0.329 e. The Balaban J connectivity index is 1.65. The van der Waals surface area contributed by atoms with Gasteiger partial charge in [-0.05, 0) is 48.7 Å². The molecule has 1 unspecified atom stereocenters. The third-order valence-corrected chi connectivity index (χ3v) is 5.15. The monoisotopic (exact) mass is 367 g/mol. The number of aromatic nitrogens is 2. The fraction of sp³-hybridized carbons (Fsp3) is 0.250. The molecule has 2 heterocycles. The Labute approximate surface area is 153 Å². The van der Waals surface area contributed by atoms with Crippen molar-refractivity contribution >= 4 is 16.8 Å². The van der Waals surface area contributed by atoms with Gasteiger partial charge in [0, 0.05) is 6.54 Å². The SMILES string of the molecule is CC1c2ccc(F)cc2CCN1C(=O)Cn1c(=O)[nH]c2ccccc2c1=O. The molecular weight excluding hydrogens is 349 g/mol. The Kier molecular flexibility index (Phi) is 4.14. The zero-order chi connectivity index (χ0) is 19.1. The first kappa shape index (κ1) is 17.2. The molecule has 0 aliphatic carbocycles. The number of benzene rings is 2. The van der Waals surface area contributed by atoms with Crippen LogP contribution in [-0.4, -0.2) is 26.9 Å². The molecule has 1 N–H and O–H groups in total. The number of aromatic amines is 1. The Bertz CT molecular complexity index is 1170. The van der Waals surface area contributed by atoms with E-state index in [0.717, 1.165) is 15.7 Å². The molecule has 1 atom stereocenters. The summed E-state index contributed by atoms with van der Waals surface area (Å²) in [5.74, 6) is -0.615. The van der Waals surface area contributed by atoms with Gasteiger partial charge in [-0.2, -0.15) is 0 Å². The highest BCUT2D eigenvalue weighted by Gasteiger charge is 2.28. The summed E-state index contributed by atoms with van der Waals surface area (Å²) < 4.78 is 14.4. The molecule has 0 saturated heterocycles. The molecule has 27 heavy (non-hydrogen) atoms. The summed E-state index contributed by atoms with van der Waals surface area (Å²) in [6.07, 6.45) is 0.534. The summed E-state index contributed by atoms with van der Waals surface area (Å²) in [5, 5.41) is 0.359. The lowest BCUT2D eigenvalue weighted by Gasteiger charge is -2.35. The van der Waals surface area contributed by atoms with E-state index in [1.807, 2.05) is 6.92 Å². The number of H-pyrrole nitrogens is 1. The van der Waals surface area contributed by atoms with Crippen molar-refractivity contribution in [3.8, 4) is 0 Å². The zero-order valence-electron chi connectivity index (χ0n) is 14.7. The maximum Gasteiger partial charge on any atom is 0.329 e. The van der Waals surface area contributed by atoms with Gasteiger partial charge in [0.15, 0.2) is 0 Å². The Morgan fingerprint density at radius 2 is 2.00 bits per heavy atom. The van der Waals surface area contributed by atoms with E-state index in [1.54, 1.807) is 35.2 Å². The summed E-state index contributed by atoms with van der Waals surface area (Å²) in [6, 6.07) is 11.0. The summed E-state index contributed by atoms with van der Waals surface area (Å²) in [6.45, 7) is 1.94. The number of para-hydroxylation sites is 1. The van der Waals surface area contributed by atoms with Gasteiger partial charge in [0.05, 0.1) is 16.9 Å². The molecule has 1 aliphatic rings. The number of hydrogen-bond acceptors (Lipinski definition) is 3. The van der Waals surface area contributed by atoms with Crippen LogP contribution in [0.15, 0.2) is 52.1 Å². The molecule has 0 saturated carbocycles. The number of hydrogen-bond donors (Lipinski definition) is 1. The molecule has 1 aromatic heterocycles. The average Bonchev–Trinajstić information content (AvgIpc) is 2.65. The highest BCUT2D eigenvalue weighted by atomic mass is 19.1. The molecule has 0 fully saturated rings. The number of amides is 1. The van der Waals surface area contributed by atoms with Gasteiger partial charge in [-0.25, -0.2) is 9.18 Å². The van der Waals surface area contributed by atoms with Crippen LogP contribution in [0.5, 0.6) is 0 Å². The molecule has 0 bridgehead atoms. The van der Waals surface area contributed by atoms with Crippen molar-refractivity contribution in [2.75, 3.05) is 6.54 Å². The molecule has 0 spiro atoms. The van der Waals surface area contributed by atoms with Crippen molar-refractivity contribution < 1.29 is 9.18 Å². The lowest BCUT2D eigenvalue weighted by molar-refractivity contribution is -0.134. The average molecular weight is 367 g/mol. The van der Waals surface area contributed by atoms with Crippen LogP contribution in [0, 0.1) is 5.82 Å². The highest BCUT2D eigenvalue weighted by Crippen LogP contribution is 2.29. The second-order valence-corrected chi connectivity index (χ2v) is 6.72. The summed E-state index contributed by atoms with van der Waals surface area (Å²) >= 11 is 0. The lowest BCUT2D eigenvalue weighted by Crippen LogP contribution is -2.45. The Morgan fingerprint density at radius 3 is 2.81 bits per heavy atom. The van der Waals surface area contributed by atoms with Crippen molar-refractivity contribution in [1.82, 2.24) is 14.5 Å². The van der Waals surface area contributed by atoms with Gasteiger partial charge in [0.2, 0.25) is 5.91 Å². The zero-order valence-corrected chi connectivity index (χ0v) is 14.7. The van der Waals surface area contributed by atoms with E-state index in [9.17, 15) is 18.8 Å². The second-order valence-electron chi connectivity index (χ2n) is 6.72. The number of nitrogens with zero attached hydrogens (tertiary/aromatic N) is 2. The van der Waals surface area contributed by atoms with E-state index in [2.05, 4.69) is 4.98 Å². The van der Waals surface area contributed by atoms with Crippen LogP contribution in [0.25, 0.3) is 10.9 Å². The fourth-order valence-corrected chi connectivity index (χ4v) is 3.71. The summed E-state index contributed by atoms with van der Waals surface area (Å²) in [5.41, 5.74) is 1.11. The molecule has 4 rings (SSSR count). The van der Waals surface area contributed by atoms with Crippen molar-refractivity contribution in [3.05, 3.63) is 80.2 Å². The van der Waals surface area contributed by atoms with Crippen molar-refractivity contribution in [1.29, 1.82) is 0 Å². The van der Waals surface area contributed by atoms with Crippen LogP contribution < -0.4 is 11.2 Å². The maximum atomic E-state index is 13.4. The largest absolute Gasteiger partial charge is 0.334 e. The first-order chi connectivity index (χ1) is 13.0. The van der Waals surface area contributed by atoms with Gasteiger partial charge < -0.3 is 9.88 Å². The first-order valence-electron chi connectivity index (χ1n) is 8.75. The van der Waals surface area contributed by atoms with Crippen LogP contribution in [0.3, 0.4) is 0 Å². The molecule has 1 aliphatic heterocycles. The van der Waals surface area contributed by atoms with Crippen LogP contribution in [0.4, 0.5) is 4.39 Å². The lowest BCUT2D eigenvalue weighted by atomic mass is 9.93. The Hall–Kier alpha value is -3.22. The van der Waals surface area contributed by atoms with E-state index in [4.69, 9.17) is 0 Å². The molecule has 138 valence electrons. The standard InChI is InChI=1S/C20H18FN3O3/c1-12-15-7-6-14(21)10-13(15)8-9-23(12)18(25)11-24-19(26)16-4-2-3-5-17(16)22-20(24)27/h2-7,10,12H,8-9,11H2,1H3,(H,22,27). The molecular formula is C20H18FN3O3. The van der Waals surface area contributed by atoms with Crippen LogP contribution in [0.1, 0.15) is 24.1 Å². The van der Waals surface area contributed by atoms with Crippen molar-refractivity contribution in [3.63, 3.8) is 0 Å². The third-order valence-electron chi connectivity index (χ3n) is 5.15. The van der Waals surface area contributed by atoms with Crippen LogP contribution >= 0.6 is 0 Å². The van der Waals surface area contributed by atoms with Gasteiger partial charge >= 0.3 is 5.69 Å². The molecule has 6 nitrogen and oxygen atoms in total. The Morgan fingerprint density at radius 1 is 1.22 bits per heavy atom. The van der Waals surface area contributed by atoms with Crippen LogP contribution in [-0.2, 0) is 17.8 Å². The molecule has 3 aromatic rings. The molecule has 7 heteroatoms. The maximum absolute atomic E-state index is 13.4. The van der Waals surface area contributed by atoms with E-state index in [1.165, 1.54) is 12.1 Å². The van der Waals surface area contributed by atoms with Gasteiger partial charge in [0.25, 0.3) is 5.56 Å². The topological polar surface area (TPSA) is 75.2 Å². The summed E-state index contributed by atoms with van der Waals surface area (Å²) in [4.78, 5) is 42.0. The van der Waals surface area contributed by atoms with E-state index >= 15 is 0 Å². The molecule has 1 amide bonds. The molecule has 2 aromatic carbocycles. The van der Waals surface area contributed by atoms with Crippen LogP contribution in [0.2, 0.25) is 0 Å². The van der Waals surface area contributed by atoms with Crippen molar-refractivity contribution in [2.45, 2.75) is 25.9 Å². The third kappa shape index (κ3) is 2.95. The number of carbonyl (C=O) groups is 1. The fourth-order valence-electron chi connectivity index (χ4n) is 3.71. The number of carbonyl (C=O) groups excluding carboxylic acids is 1. The molecule has 0 radical (unpaired) electrons. The normalized spacial score (nSPS) is 16.4. The minimum absolute atomic E-state index is 0.253. The minimum Gasteiger partial charge on any atom is -0.334 e. The second kappa shape index (κ2) is 6.50. The van der Waals surface area contributed by atoms with E-state index in [0.29, 0.717) is 23.9 Å². The summed E-state index contributed by atoms with van der Waals surface area (Å²) in [7, 11) is 0. The predicted molar refractivity (Wildman–Crippen MR) is 99.1 cm³/mol. The van der Waals surface area contributed by atoms with Gasteiger partial charge in [-0.3, -0.25) is 14.2 Å². The van der Waals surface area contributed by atoms with Gasteiger partial charge in [-0.1, -0.05) is 18.2 Å². The van der Waals surface area contributed by atoms with Crippen molar-refractivity contribution in [2.24, 2.45) is 0 Å². The minimum atomic E-state index is -0.612. The number of fused-ring (bicyclic) bond motifs is 2. The first-order valence-corrected chi connectivity index (χ1v) is 8.75. The number of halogens is 1. The number of rotatable bonds is 2. The van der Waals surface area contributed by atoms with Gasteiger partial charge in [0.1, 0.15) is 12.4 Å². The predicted octanol–water partition coefficient (Wildman–Crippen LogP) is 1.97. The van der Waals surface area contributed by atoms with Gasteiger partial charge in [-0.15, -0.1) is 0 Å². The highest BCUT2D eigenvalue weighted by molar-refractivity contribution is 5.79. The van der Waals surface area contributed by atoms with E-state index < -0.39 is 11.2 Å². The number of nitrogens with one attached hydrogen (secondary N) is 1. The quantitative estimate of drug-likeness (QED) is 0.753.